The normalized spacial score (nSPS) is 11.5. The molecule has 0 spiro atoms. The minimum atomic E-state index is 0.0313. The Morgan fingerprint density at radius 2 is 1.93 bits per heavy atom. The summed E-state index contributed by atoms with van der Waals surface area (Å²) >= 11 is 0. The Balaban J connectivity index is 3.90. The molecule has 0 saturated carbocycles. The number of carbonyl (C=O) groups excluding carboxylic acids is 2. The number of hydrogen-bond acceptors (Lipinski definition) is 3. The Morgan fingerprint density at radius 3 is 2.43 bits per heavy atom. The molecule has 0 atom stereocenters. The number of methoxy groups -OCH3 is 1. The molecule has 0 heterocycles. The van der Waals surface area contributed by atoms with Gasteiger partial charge in [-0.2, -0.15) is 0 Å². The minimum Gasteiger partial charge on any atom is -0.381 e. The zero-order valence-electron chi connectivity index (χ0n) is 9.13. The summed E-state index contributed by atoms with van der Waals surface area (Å²) < 4.78 is 4.81. The Morgan fingerprint density at radius 1 is 1.29 bits per heavy atom. The molecular formula is C11H18O3. The zero-order valence-corrected chi connectivity index (χ0v) is 9.13. The van der Waals surface area contributed by atoms with Crippen molar-refractivity contribution in [3.63, 3.8) is 0 Å². The van der Waals surface area contributed by atoms with Crippen molar-refractivity contribution < 1.29 is 14.3 Å². The first-order valence-corrected chi connectivity index (χ1v) is 4.82. The van der Waals surface area contributed by atoms with E-state index in [0.29, 0.717) is 31.4 Å². The summed E-state index contributed by atoms with van der Waals surface area (Å²) in [5, 5.41) is 0. The molecule has 0 aromatic heterocycles. The number of ketones is 2. The predicted octanol–water partition coefficient (Wildman–Crippen LogP) is 1.91. The lowest BCUT2D eigenvalue weighted by Gasteiger charge is -1.99. The van der Waals surface area contributed by atoms with Crippen molar-refractivity contribution in [3.8, 4) is 0 Å². The molecule has 0 amide bonds. The lowest BCUT2D eigenvalue weighted by atomic mass is 10.1. The highest BCUT2D eigenvalue weighted by molar-refractivity contribution is 5.96. The molecule has 0 aromatic carbocycles. The smallest absolute Gasteiger partial charge is 0.158 e. The van der Waals surface area contributed by atoms with E-state index in [1.165, 1.54) is 0 Å². The number of ether oxygens (including phenoxy) is 1. The van der Waals surface area contributed by atoms with Gasteiger partial charge in [-0.15, -0.1) is 0 Å². The molecule has 0 radical (unpaired) electrons. The van der Waals surface area contributed by atoms with Crippen LogP contribution >= 0.6 is 0 Å². The largest absolute Gasteiger partial charge is 0.381 e. The molecule has 0 bridgehead atoms. The lowest BCUT2D eigenvalue weighted by Crippen LogP contribution is -2.05. The van der Waals surface area contributed by atoms with E-state index in [1.807, 2.05) is 0 Å². The predicted molar refractivity (Wildman–Crippen MR) is 55.2 cm³/mol. The molecule has 0 aliphatic rings. The van der Waals surface area contributed by atoms with Gasteiger partial charge in [0.1, 0.15) is 5.78 Å². The molecule has 80 valence electrons. The second kappa shape index (κ2) is 7.44. The number of carbonyl (C=O) groups is 2. The van der Waals surface area contributed by atoms with Gasteiger partial charge in [-0.25, -0.2) is 0 Å². The highest BCUT2D eigenvalue weighted by Gasteiger charge is 2.06. The molecular weight excluding hydrogens is 180 g/mol. The first-order valence-electron chi connectivity index (χ1n) is 4.82. The zero-order chi connectivity index (χ0) is 11.0. The average Bonchev–Trinajstić information content (AvgIpc) is 2.21. The topological polar surface area (TPSA) is 43.4 Å². The molecule has 14 heavy (non-hydrogen) atoms. The van der Waals surface area contributed by atoms with Gasteiger partial charge >= 0.3 is 0 Å². The van der Waals surface area contributed by atoms with Gasteiger partial charge in [-0.1, -0.05) is 13.0 Å². The van der Waals surface area contributed by atoms with Crippen molar-refractivity contribution in [3.05, 3.63) is 11.6 Å². The van der Waals surface area contributed by atoms with Gasteiger partial charge in [-0.05, 0) is 12.5 Å². The second-order valence-electron chi connectivity index (χ2n) is 3.16. The molecule has 0 aliphatic heterocycles. The Kier molecular flexibility index (Phi) is 6.93. The van der Waals surface area contributed by atoms with Crippen LogP contribution in [0.15, 0.2) is 11.6 Å². The van der Waals surface area contributed by atoms with Crippen molar-refractivity contribution in [2.24, 2.45) is 0 Å². The molecule has 0 N–H and O–H groups in total. The minimum absolute atomic E-state index is 0.0313. The molecule has 0 saturated heterocycles. The van der Waals surface area contributed by atoms with Crippen LogP contribution in [0, 0.1) is 0 Å². The SMILES string of the molecule is CCC(=O)CCC(=O)/C(C)=C/COC. The maximum absolute atomic E-state index is 11.4. The Hall–Kier alpha value is -0.960. The van der Waals surface area contributed by atoms with Crippen LogP contribution in [0.1, 0.15) is 33.1 Å². The molecule has 3 nitrogen and oxygen atoms in total. The van der Waals surface area contributed by atoms with Crippen molar-refractivity contribution in [1.29, 1.82) is 0 Å². The fourth-order valence-electron chi connectivity index (χ4n) is 0.949. The molecule has 0 aliphatic carbocycles. The maximum Gasteiger partial charge on any atom is 0.158 e. The van der Waals surface area contributed by atoms with Gasteiger partial charge in [-0.3, -0.25) is 9.59 Å². The maximum atomic E-state index is 11.4. The van der Waals surface area contributed by atoms with E-state index in [9.17, 15) is 9.59 Å². The van der Waals surface area contributed by atoms with E-state index in [1.54, 1.807) is 27.0 Å². The fraction of sp³-hybridized carbons (Fsp3) is 0.636. The number of rotatable bonds is 7. The Labute approximate surface area is 85.1 Å². The lowest BCUT2D eigenvalue weighted by molar-refractivity contribution is -0.122. The summed E-state index contributed by atoms with van der Waals surface area (Å²) in [6.07, 6.45) is 2.92. The van der Waals surface area contributed by atoms with Crippen molar-refractivity contribution in [2.75, 3.05) is 13.7 Å². The van der Waals surface area contributed by atoms with Crippen LogP contribution in [0.4, 0.5) is 0 Å². The monoisotopic (exact) mass is 198 g/mol. The van der Waals surface area contributed by atoms with Crippen LogP contribution in [0.5, 0.6) is 0 Å². The highest BCUT2D eigenvalue weighted by atomic mass is 16.5. The van der Waals surface area contributed by atoms with Crippen LogP contribution < -0.4 is 0 Å². The van der Waals surface area contributed by atoms with E-state index in [0.717, 1.165) is 0 Å². The van der Waals surface area contributed by atoms with Gasteiger partial charge in [0.05, 0.1) is 6.61 Å². The molecule has 0 aromatic rings. The third kappa shape index (κ3) is 5.65. The quantitative estimate of drug-likeness (QED) is 0.587. The first-order chi connectivity index (χ1) is 6.61. The van der Waals surface area contributed by atoms with E-state index in [-0.39, 0.29) is 11.6 Å². The molecule has 0 rings (SSSR count). The highest BCUT2D eigenvalue weighted by Crippen LogP contribution is 2.03. The van der Waals surface area contributed by atoms with E-state index in [2.05, 4.69) is 0 Å². The standard InChI is InChI=1S/C11H18O3/c1-4-10(12)5-6-11(13)9(2)7-8-14-3/h7H,4-6,8H2,1-3H3/b9-7+. The van der Waals surface area contributed by atoms with E-state index >= 15 is 0 Å². The first kappa shape index (κ1) is 13.0. The van der Waals surface area contributed by atoms with Gasteiger partial charge in [0, 0.05) is 26.4 Å². The number of hydrogen-bond donors (Lipinski definition) is 0. The third-order valence-corrected chi connectivity index (χ3v) is 2.02. The van der Waals surface area contributed by atoms with Gasteiger partial charge in [0.15, 0.2) is 5.78 Å². The summed E-state index contributed by atoms with van der Waals surface area (Å²) in [5.41, 5.74) is 0.677. The van der Waals surface area contributed by atoms with Gasteiger partial charge in [0.2, 0.25) is 0 Å². The summed E-state index contributed by atoms with van der Waals surface area (Å²) in [5.74, 6) is 0.168. The van der Waals surface area contributed by atoms with E-state index in [4.69, 9.17) is 4.74 Å². The third-order valence-electron chi connectivity index (χ3n) is 2.02. The summed E-state index contributed by atoms with van der Waals surface area (Å²) in [7, 11) is 1.58. The van der Waals surface area contributed by atoms with Gasteiger partial charge in [0.25, 0.3) is 0 Å². The molecule has 0 unspecified atom stereocenters. The van der Waals surface area contributed by atoms with E-state index < -0.39 is 0 Å². The number of Topliss-reactive ketones (excluding diaryl/α,β-unsaturated/α-hetero) is 2. The summed E-state index contributed by atoms with van der Waals surface area (Å²) in [6.45, 7) is 4.00. The van der Waals surface area contributed by atoms with Crippen LogP contribution in [0.25, 0.3) is 0 Å². The van der Waals surface area contributed by atoms with Crippen LogP contribution in [0.3, 0.4) is 0 Å². The second-order valence-corrected chi connectivity index (χ2v) is 3.16. The summed E-state index contributed by atoms with van der Waals surface area (Å²) in [4.78, 5) is 22.3. The van der Waals surface area contributed by atoms with Crippen LogP contribution in [-0.4, -0.2) is 25.3 Å². The molecule has 3 heteroatoms. The Bertz CT molecular complexity index is 229. The summed E-state index contributed by atoms with van der Waals surface area (Å²) in [6, 6.07) is 0. The van der Waals surface area contributed by atoms with Crippen molar-refractivity contribution >= 4 is 11.6 Å². The average molecular weight is 198 g/mol. The van der Waals surface area contributed by atoms with Crippen LogP contribution in [0.2, 0.25) is 0 Å². The molecule has 0 fully saturated rings. The van der Waals surface area contributed by atoms with Crippen molar-refractivity contribution in [2.45, 2.75) is 33.1 Å². The van der Waals surface area contributed by atoms with Crippen molar-refractivity contribution in [1.82, 2.24) is 0 Å². The number of allylic oxidation sites excluding steroid dienone is 1. The van der Waals surface area contributed by atoms with Gasteiger partial charge < -0.3 is 4.74 Å². The fourth-order valence-corrected chi connectivity index (χ4v) is 0.949. The van der Waals surface area contributed by atoms with Crippen LogP contribution in [-0.2, 0) is 14.3 Å².